The molecule has 0 bridgehead atoms. The quantitative estimate of drug-likeness (QED) is 0.839. The highest BCUT2D eigenvalue weighted by molar-refractivity contribution is 6.11. The molecule has 0 aromatic heterocycles. The largest absolute Gasteiger partial charge is 0.326 e. The van der Waals surface area contributed by atoms with Crippen LogP contribution in [0.4, 0.5) is 10.1 Å². The van der Waals surface area contributed by atoms with E-state index in [-0.39, 0.29) is 17.4 Å². The second-order valence-electron chi connectivity index (χ2n) is 5.95. The van der Waals surface area contributed by atoms with Crippen molar-refractivity contribution >= 4 is 17.4 Å². The first-order valence-corrected chi connectivity index (χ1v) is 7.28. The minimum atomic E-state index is -0.737. The van der Waals surface area contributed by atoms with Gasteiger partial charge in [-0.2, -0.15) is 0 Å². The summed E-state index contributed by atoms with van der Waals surface area (Å²) in [5, 5.41) is 4.35. The predicted octanol–water partition coefficient (Wildman–Crippen LogP) is 2.05. The summed E-state index contributed by atoms with van der Waals surface area (Å²) in [7, 11) is 3.55. The first-order chi connectivity index (χ1) is 10.2. The van der Waals surface area contributed by atoms with Crippen molar-refractivity contribution in [3.63, 3.8) is 0 Å². The topological polar surface area (TPSA) is 61.4 Å². The molecule has 120 valence electrons. The standard InChI is InChI=1S/C16H22FN3O2/c1-9-11-6-7-16(3,20(5)18-4)15(22)14(11)13(8-12(9)17)19-10(2)21/h8,18H,6-7H2,1-5H3,(H,19,21). The first kappa shape index (κ1) is 16.6. The van der Waals surface area contributed by atoms with Gasteiger partial charge in [-0.15, -0.1) is 0 Å². The van der Waals surface area contributed by atoms with Crippen LogP contribution in [0.15, 0.2) is 6.07 Å². The molecule has 0 fully saturated rings. The number of nitrogens with one attached hydrogen (secondary N) is 2. The van der Waals surface area contributed by atoms with Crippen molar-refractivity contribution in [1.29, 1.82) is 0 Å². The van der Waals surface area contributed by atoms with E-state index in [1.54, 1.807) is 26.0 Å². The van der Waals surface area contributed by atoms with E-state index in [1.165, 1.54) is 13.0 Å². The number of hydrogen-bond donors (Lipinski definition) is 2. The van der Waals surface area contributed by atoms with Gasteiger partial charge in [-0.1, -0.05) is 0 Å². The van der Waals surface area contributed by atoms with Crippen molar-refractivity contribution in [3.8, 4) is 0 Å². The van der Waals surface area contributed by atoms with E-state index in [1.807, 2.05) is 6.92 Å². The van der Waals surface area contributed by atoms with Gasteiger partial charge < -0.3 is 5.32 Å². The molecular weight excluding hydrogens is 285 g/mol. The van der Waals surface area contributed by atoms with Crippen LogP contribution in [0.2, 0.25) is 0 Å². The predicted molar refractivity (Wildman–Crippen MR) is 83.3 cm³/mol. The van der Waals surface area contributed by atoms with Gasteiger partial charge in [0.15, 0.2) is 5.78 Å². The Hall–Kier alpha value is -1.79. The molecule has 6 heteroatoms. The number of carbonyl (C=O) groups excluding carboxylic acids is 2. The number of amides is 1. The van der Waals surface area contributed by atoms with Crippen molar-refractivity contribution in [1.82, 2.24) is 10.4 Å². The minimum Gasteiger partial charge on any atom is -0.326 e. The molecule has 22 heavy (non-hydrogen) atoms. The van der Waals surface area contributed by atoms with E-state index >= 15 is 0 Å². The number of carbonyl (C=O) groups is 2. The van der Waals surface area contributed by atoms with Gasteiger partial charge in [0.25, 0.3) is 0 Å². The van der Waals surface area contributed by atoms with Crippen molar-refractivity contribution in [2.24, 2.45) is 0 Å². The lowest BCUT2D eigenvalue weighted by Crippen LogP contribution is -2.57. The molecule has 1 aromatic carbocycles. The third kappa shape index (κ3) is 2.53. The number of Topliss-reactive ketones (excluding diaryl/α,β-unsaturated/α-hetero) is 1. The van der Waals surface area contributed by atoms with Crippen molar-refractivity contribution < 1.29 is 14.0 Å². The Morgan fingerprint density at radius 3 is 2.64 bits per heavy atom. The highest BCUT2D eigenvalue weighted by Crippen LogP contribution is 2.38. The molecule has 0 radical (unpaired) electrons. The molecule has 0 saturated carbocycles. The maximum absolute atomic E-state index is 14.1. The fraction of sp³-hybridized carbons (Fsp3) is 0.500. The average molecular weight is 307 g/mol. The lowest BCUT2D eigenvalue weighted by atomic mass is 9.75. The minimum absolute atomic E-state index is 0.113. The van der Waals surface area contributed by atoms with Crippen LogP contribution in [-0.2, 0) is 11.2 Å². The van der Waals surface area contributed by atoms with Crippen LogP contribution in [0.5, 0.6) is 0 Å². The molecule has 0 heterocycles. The Bertz CT molecular complexity index is 645. The summed E-state index contributed by atoms with van der Waals surface area (Å²) >= 11 is 0. The summed E-state index contributed by atoms with van der Waals surface area (Å²) in [5.41, 5.74) is 4.08. The fourth-order valence-electron chi connectivity index (χ4n) is 2.98. The van der Waals surface area contributed by atoms with Crippen LogP contribution >= 0.6 is 0 Å². The number of nitrogens with zero attached hydrogens (tertiary/aromatic N) is 1. The zero-order chi connectivity index (χ0) is 16.7. The molecule has 0 spiro atoms. The third-order valence-corrected chi connectivity index (χ3v) is 4.62. The van der Waals surface area contributed by atoms with Crippen LogP contribution in [0.1, 0.15) is 41.8 Å². The van der Waals surface area contributed by atoms with Gasteiger partial charge in [0.1, 0.15) is 5.82 Å². The molecule has 1 unspecified atom stereocenters. The van der Waals surface area contributed by atoms with Crippen molar-refractivity contribution in [3.05, 3.63) is 28.6 Å². The van der Waals surface area contributed by atoms with Crippen LogP contribution in [-0.4, -0.2) is 36.3 Å². The number of ketones is 1. The molecule has 1 aromatic rings. The number of hydrazine groups is 1. The zero-order valence-corrected chi connectivity index (χ0v) is 13.6. The molecule has 2 N–H and O–H groups in total. The number of rotatable bonds is 3. The molecule has 5 nitrogen and oxygen atoms in total. The van der Waals surface area contributed by atoms with E-state index in [2.05, 4.69) is 10.7 Å². The molecule has 1 aliphatic carbocycles. The average Bonchev–Trinajstić information content (AvgIpc) is 2.46. The maximum atomic E-state index is 14.1. The molecule has 0 aliphatic heterocycles. The smallest absolute Gasteiger partial charge is 0.221 e. The van der Waals surface area contributed by atoms with Gasteiger partial charge in [0.05, 0.1) is 11.2 Å². The summed E-state index contributed by atoms with van der Waals surface area (Å²) in [5.74, 6) is -0.842. The van der Waals surface area contributed by atoms with Gasteiger partial charge in [0, 0.05) is 19.5 Å². The van der Waals surface area contributed by atoms with Crippen LogP contribution in [0, 0.1) is 12.7 Å². The van der Waals surface area contributed by atoms with Gasteiger partial charge in [0.2, 0.25) is 5.91 Å². The van der Waals surface area contributed by atoms with Gasteiger partial charge in [-0.25, -0.2) is 9.40 Å². The zero-order valence-electron chi connectivity index (χ0n) is 13.6. The molecule has 1 atom stereocenters. The van der Waals surface area contributed by atoms with Gasteiger partial charge in [-0.05, 0) is 50.9 Å². The number of benzene rings is 1. The van der Waals surface area contributed by atoms with E-state index in [0.717, 1.165) is 0 Å². The second-order valence-corrected chi connectivity index (χ2v) is 5.95. The normalized spacial score (nSPS) is 21.0. The lowest BCUT2D eigenvalue weighted by Gasteiger charge is -2.41. The first-order valence-electron chi connectivity index (χ1n) is 7.28. The fourth-order valence-corrected chi connectivity index (χ4v) is 2.98. The highest BCUT2D eigenvalue weighted by Gasteiger charge is 2.43. The molecule has 0 saturated heterocycles. The van der Waals surface area contributed by atoms with E-state index in [4.69, 9.17) is 0 Å². The SMILES string of the molecule is CNN(C)C1(C)CCc2c(C)c(F)cc(NC(C)=O)c2C1=O. The van der Waals surface area contributed by atoms with E-state index in [9.17, 15) is 14.0 Å². The number of anilines is 1. The van der Waals surface area contributed by atoms with Crippen molar-refractivity contribution in [2.45, 2.75) is 39.2 Å². The molecule has 2 rings (SSSR count). The number of fused-ring (bicyclic) bond motifs is 1. The number of hydrogen-bond acceptors (Lipinski definition) is 4. The molecule has 1 amide bonds. The number of halogens is 1. The second kappa shape index (κ2) is 5.78. The monoisotopic (exact) mass is 307 g/mol. The van der Waals surface area contributed by atoms with Gasteiger partial charge >= 0.3 is 0 Å². The molecule has 1 aliphatic rings. The Morgan fingerprint density at radius 2 is 2.09 bits per heavy atom. The van der Waals surface area contributed by atoms with Crippen molar-refractivity contribution in [2.75, 3.05) is 19.4 Å². The van der Waals surface area contributed by atoms with E-state index in [0.29, 0.717) is 29.5 Å². The maximum Gasteiger partial charge on any atom is 0.221 e. The summed E-state index contributed by atoms with van der Waals surface area (Å²) in [6, 6.07) is 1.23. The third-order valence-electron chi connectivity index (χ3n) is 4.62. The highest BCUT2D eigenvalue weighted by atomic mass is 19.1. The van der Waals surface area contributed by atoms with Gasteiger partial charge in [-0.3, -0.25) is 15.0 Å². The summed E-state index contributed by atoms with van der Waals surface area (Å²) in [6.07, 6.45) is 1.17. The Balaban J connectivity index is 2.64. The lowest BCUT2D eigenvalue weighted by molar-refractivity contribution is -0.114. The van der Waals surface area contributed by atoms with Crippen LogP contribution in [0.25, 0.3) is 0 Å². The Labute approximate surface area is 129 Å². The Kier molecular flexibility index (Phi) is 4.35. The summed E-state index contributed by atoms with van der Waals surface area (Å²) < 4.78 is 14.1. The summed E-state index contributed by atoms with van der Waals surface area (Å²) in [6.45, 7) is 4.87. The Morgan fingerprint density at radius 1 is 1.45 bits per heavy atom. The van der Waals surface area contributed by atoms with E-state index < -0.39 is 11.4 Å². The van der Waals surface area contributed by atoms with Crippen LogP contribution < -0.4 is 10.7 Å². The number of likely N-dealkylation sites (N-methyl/N-ethyl adjacent to an activating group) is 1. The van der Waals surface area contributed by atoms with Crippen LogP contribution in [0.3, 0.4) is 0 Å². The molecular formula is C16H22FN3O2. The summed E-state index contributed by atoms with van der Waals surface area (Å²) in [4.78, 5) is 24.4.